The Hall–Kier alpha value is -0.570. The molecule has 0 aliphatic heterocycles. The fourth-order valence-electron chi connectivity index (χ4n) is 1.09. The van der Waals surface area contributed by atoms with Gasteiger partial charge in [-0.25, -0.2) is 0 Å². The first-order valence-electron chi connectivity index (χ1n) is 4.82. The Bertz CT molecular complexity index is 292. The topological polar surface area (TPSA) is 24.9 Å². The minimum absolute atomic E-state index is 0.381. The maximum atomic E-state index is 4.01. The van der Waals surface area contributed by atoms with Gasteiger partial charge in [-0.05, 0) is 33.8 Å². The van der Waals surface area contributed by atoms with Crippen LogP contribution >= 0.6 is 15.9 Å². The molecule has 0 atom stereocenters. The van der Waals surface area contributed by atoms with E-state index in [1.807, 2.05) is 6.07 Å². The van der Waals surface area contributed by atoms with E-state index in [0.29, 0.717) is 5.41 Å². The Kier molecular flexibility index (Phi) is 3.93. The predicted molar refractivity (Wildman–Crippen MR) is 64.5 cm³/mol. The van der Waals surface area contributed by atoms with E-state index in [1.54, 1.807) is 12.4 Å². The first-order chi connectivity index (χ1) is 6.49. The van der Waals surface area contributed by atoms with Crippen molar-refractivity contribution in [2.75, 3.05) is 11.9 Å². The number of rotatable bonds is 3. The maximum Gasteiger partial charge on any atom is 0.0590 e. The van der Waals surface area contributed by atoms with Crippen LogP contribution in [0.5, 0.6) is 0 Å². The SMILES string of the molecule is CC(C)(C)CCNc1ccncc1Br. The normalized spacial score (nSPS) is 11.4. The quantitative estimate of drug-likeness (QED) is 0.893. The molecule has 0 saturated heterocycles. The van der Waals surface area contributed by atoms with Crippen LogP contribution in [-0.2, 0) is 0 Å². The smallest absolute Gasteiger partial charge is 0.0590 e. The molecule has 0 aliphatic carbocycles. The summed E-state index contributed by atoms with van der Waals surface area (Å²) in [5.74, 6) is 0. The van der Waals surface area contributed by atoms with E-state index < -0.39 is 0 Å². The van der Waals surface area contributed by atoms with Crippen molar-refractivity contribution in [1.29, 1.82) is 0 Å². The van der Waals surface area contributed by atoms with Crippen LogP contribution in [0.2, 0.25) is 0 Å². The van der Waals surface area contributed by atoms with E-state index in [4.69, 9.17) is 0 Å². The van der Waals surface area contributed by atoms with Crippen molar-refractivity contribution >= 4 is 21.6 Å². The Morgan fingerprint density at radius 2 is 2.14 bits per heavy atom. The second-order valence-electron chi connectivity index (χ2n) is 4.59. The number of anilines is 1. The molecule has 0 amide bonds. The third kappa shape index (κ3) is 4.09. The van der Waals surface area contributed by atoms with E-state index in [-0.39, 0.29) is 0 Å². The van der Waals surface area contributed by atoms with Gasteiger partial charge in [0.05, 0.1) is 10.2 Å². The van der Waals surface area contributed by atoms with Crippen LogP contribution in [0.1, 0.15) is 27.2 Å². The molecule has 0 saturated carbocycles. The highest BCUT2D eigenvalue weighted by atomic mass is 79.9. The number of pyridine rings is 1. The minimum atomic E-state index is 0.381. The first kappa shape index (κ1) is 11.5. The van der Waals surface area contributed by atoms with Crippen LogP contribution in [0.25, 0.3) is 0 Å². The number of aromatic nitrogens is 1. The zero-order chi connectivity index (χ0) is 10.6. The van der Waals surface area contributed by atoms with E-state index in [9.17, 15) is 0 Å². The Labute approximate surface area is 94.3 Å². The summed E-state index contributed by atoms with van der Waals surface area (Å²) in [7, 11) is 0. The molecule has 0 radical (unpaired) electrons. The van der Waals surface area contributed by atoms with Crippen LogP contribution in [0.3, 0.4) is 0 Å². The van der Waals surface area contributed by atoms with Gasteiger partial charge < -0.3 is 5.32 Å². The second kappa shape index (κ2) is 4.78. The van der Waals surface area contributed by atoms with Crippen molar-refractivity contribution in [2.24, 2.45) is 5.41 Å². The number of halogens is 1. The third-order valence-corrected chi connectivity index (χ3v) is 2.59. The van der Waals surface area contributed by atoms with Crippen LogP contribution in [0.4, 0.5) is 5.69 Å². The fraction of sp³-hybridized carbons (Fsp3) is 0.545. The highest BCUT2D eigenvalue weighted by Crippen LogP contribution is 2.22. The molecule has 0 bridgehead atoms. The number of hydrogen-bond donors (Lipinski definition) is 1. The van der Waals surface area contributed by atoms with Gasteiger partial charge in [-0.3, -0.25) is 4.98 Å². The summed E-state index contributed by atoms with van der Waals surface area (Å²) < 4.78 is 1.02. The van der Waals surface area contributed by atoms with Gasteiger partial charge in [0.25, 0.3) is 0 Å². The molecule has 14 heavy (non-hydrogen) atoms. The zero-order valence-electron chi connectivity index (χ0n) is 8.97. The lowest BCUT2D eigenvalue weighted by molar-refractivity contribution is 0.390. The molecule has 1 N–H and O–H groups in total. The predicted octanol–water partition coefficient (Wildman–Crippen LogP) is 3.69. The van der Waals surface area contributed by atoms with E-state index >= 15 is 0 Å². The van der Waals surface area contributed by atoms with Crippen molar-refractivity contribution < 1.29 is 0 Å². The van der Waals surface area contributed by atoms with Crippen LogP contribution in [0, 0.1) is 5.41 Å². The third-order valence-electron chi connectivity index (χ3n) is 1.96. The molecule has 1 aromatic heterocycles. The van der Waals surface area contributed by atoms with E-state index in [0.717, 1.165) is 23.1 Å². The lowest BCUT2D eigenvalue weighted by Crippen LogP contribution is -2.13. The van der Waals surface area contributed by atoms with Gasteiger partial charge in [0.2, 0.25) is 0 Å². The molecule has 1 rings (SSSR count). The molecule has 3 heteroatoms. The molecule has 0 fully saturated rings. The number of nitrogens with zero attached hydrogens (tertiary/aromatic N) is 1. The Morgan fingerprint density at radius 3 is 2.71 bits per heavy atom. The summed E-state index contributed by atoms with van der Waals surface area (Å²) >= 11 is 3.45. The molecular formula is C11H17BrN2. The van der Waals surface area contributed by atoms with Crippen molar-refractivity contribution in [3.05, 3.63) is 22.9 Å². The monoisotopic (exact) mass is 256 g/mol. The lowest BCUT2D eigenvalue weighted by atomic mass is 9.92. The van der Waals surface area contributed by atoms with Crippen LogP contribution < -0.4 is 5.32 Å². The van der Waals surface area contributed by atoms with Gasteiger partial charge >= 0.3 is 0 Å². The molecule has 0 aliphatic rings. The number of hydrogen-bond acceptors (Lipinski definition) is 2. The van der Waals surface area contributed by atoms with Crippen molar-refractivity contribution in [2.45, 2.75) is 27.2 Å². The van der Waals surface area contributed by atoms with Gasteiger partial charge in [0.1, 0.15) is 0 Å². The summed E-state index contributed by atoms with van der Waals surface area (Å²) in [4.78, 5) is 4.01. The Balaban J connectivity index is 2.43. The zero-order valence-corrected chi connectivity index (χ0v) is 10.6. The summed E-state index contributed by atoms with van der Waals surface area (Å²) in [5, 5.41) is 3.38. The molecule has 1 aromatic rings. The average Bonchev–Trinajstić information content (AvgIpc) is 2.06. The van der Waals surface area contributed by atoms with Gasteiger partial charge in [0, 0.05) is 18.9 Å². The average molecular weight is 257 g/mol. The van der Waals surface area contributed by atoms with Crippen molar-refractivity contribution in [1.82, 2.24) is 4.98 Å². The summed E-state index contributed by atoms with van der Waals surface area (Å²) in [5.41, 5.74) is 1.50. The molecule has 2 nitrogen and oxygen atoms in total. The molecule has 1 heterocycles. The second-order valence-corrected chi connectivity index (χ2v) is 5.45. The summed E-state index contributed by atoms with van der Waals surface area (Å²) in [6.07, 6.45) is 4.76. The van der Waals surface area contributed by atoms with Gasteiger partial charge in [-0.2, -0.15) is 0 Å². The molecule has 0 aromatic carbocycles. The summed E-state index contributed by atoms with van der Waals surface area (Å²) in [6, 6.07) is 1.98. The van der Waals surface area contributed by atoms with Crippen molar-refractivity contribution in [3.8, 4) is 0 Å². The first-order valence-corrected chi connectivity index (χ1v) is 5.62. The molecule has 0 unspecified atom stereocenters. The molecular weight excluding hydrogens is 240 g/mol. The maximum absolute atomic E-state index is 4.01. The number of nitrogens with one attached hydrogen (secondary N) is 1. The minimum Gasteiger partial charge on any atom is -0.384 e. The summed E-state index contributed by atoms with van der Waals surface area (Å²) in [6.45, 7) is 7.73. The standard InChI is InChI=1S/C11H17BrN2/c1-11(2,3)5-7-14-10-4-6-13-8-9(10)12/h4,6,8H,5,7H2,1-3H3,(H,13,14). The van der Waals surface area contributed by atoms with E-state index in [1.165, 1.54) is 0 Å². The van der Waals surface area contributed by atoms with E-state index in [2.05, 4.69) is 47.0 Å². The van der Waals surface area contributed by atoms with Gasteiger partial charge in [-0.1, -0.05) is 20.8 Å². The Morgan fingerprint density at radius 1 is 1.43 bits per heavy atom. The molecule has 78 valence electrons. The van der Waals surface area contributed by atoms with Crippen molar-refractivity contribution in [3.63, 3.8) is 0 Å². The van der Waals surface area contributed by atoms with Crippen LogP contribution in [0.15, 0.2) is 22.9 Å². The van der Waals surface area contributed by atoms with Gasteiger partial charge in [0.15, 0.2) is 0 Å². The highest BCUT2D eigenvalue weighted by Gasteiger charge is 2.09. The largest absolute Gasteiger partial charge is 0.384 e. The van der Waals surface area contributed by atoms with Crippen LogP contribution in [-0.4, -0.2) is 11.5 Å². The highest BCUT2D eigenvalue weighted by molar-refractivity contribution is 9.10. The fourth-order valence-corrected chi connectivity index (χ4v) is 1.48. The molecule has 0 spiro atoms. The lowest BCUT2D eigenvalue weighted by Gasteiger charge is -2.18. The van der Waals surface area contributed by atoms with Gasteiger partial charge in [-0.15, -0.1) is 0 Å².